The molecule has 4 rings (SSSR count). The number of rotatable bonds is 5. The molecule has 0 spiro atoms. The Labute approximate surface area is 176 Å². The molecule has 2 fully saturated rings. The number of hydrogen-bond donors (Lipinski definition) is 0. The average Bonchev–Trinajstić information content (AvgIpc) is 3.42. The smallest absolute Gasteiger partial charge is 0.248 e. The van der Waals surface area contributed by atoms with Crippen molar-refractivity contribution in [2.75, 3.05) is 26.2 Å². The first-order chi connectivity index (χ1) is 14.5. The van der Waals surface area contributed by atoms with Crippen LogP contribution in [0.5, 0.6) is 0 Å². The monoisotopic (exact) mass is 433 g/mol. The summed E-state index contributed by atoms with van der Waals surface area (Å²) in [6.07, 6.45) is 9.29. The maximum atomic E-state index is 13.4. The summed E-state index contributed by atoms with van der Waals surface area (Å²) in [6, 6.07) is 3.51. The summed E-state index contributed by atoms with van der Waals surface area (Å²) in [6.45, 7) is 3.74. The lowest BCUT2D eigenvalue weighted by Gasteiger charge is -2.35. The van der Waals surface area contributed by atoms with Gasteiger partial charge in [0, 0.05) is 26.2 Å². The first-order valence-electron chi connectivity index (χ1n) is 10.4. The van der Waals surface area contributed by atoms with Crippen LogP contribution in [0.3, 0.4) is 0 Å². The van der Waals surface area contributed by atoms with Gasteiger partial charge in [-0.1, -0.05) is 5.16 Å². The standard InChI is InChI=1S/C21H27N3O5S/c1-16-20(19(29-22-16)10-9-18-8-6-14-28-18)30(26,27)24-13-5-7-17(15-24)21(25)23-11-3-2-4-12-23/h6,8-10,14,17H,2-5,7,11-13,15H2,1H3/b10-9+. The van der Waals surface area contributed by atoms with E-state index in [1.807, 2.05) is 4.90 Å². The van der Waals surface area contributed by atoms with E-state index in [1.54, 1.807) is 31.2 Å². The summed E-state index contributed by atoms with van der Waals surface area (Å²) in [5.74, 6) is 0.523. The summed E-state index contributed by atoms with van der Waals surface area (Å²) < 4.78 is 38.8. The van der Waals surface area contributed by atoms with Gasteiger partial charge in [-0.05, 0) is 63.3 Å². The molecule has 9 heteroatoms. The molecule has 0 aromatic carbocycles. The lowest BCUT2D eigenvalue weighted by atomic mass is 9.97. The second-order valence-corrected chi connectivity index (χ2v) is 9.77. The number of likely N-dealkylation sites (tertiary alicyclic amines) is 1. The second-order valence-electron chi connectivity index (χ2n) is 7.90. The van der Waals surface area contributed by atoms with E-state index in [4.69, 9.17) is 8.94 Å². The number of carbonyl (C=O) groups is 1. The molecule has 4 heterocycles. The van der Waals surface area contributed by atoms with Crippen molar-refractivity contribution in [3.8, 4) is 0 Å². The Morgan fingerprint density at radius 2 is 1.97 bits per heavy atom. The Kier molecular flexibility index (Phi) is 6.10. The summed E-state index contributed by atoms with van der Waals surface area (Å²) >= 11 is 0. The molecule has 2 aliphatic rings. The van der Waals surface area contributed by atoms with Crippen molar-refractivity contribution in [2.45, 2.75) is 43.9 Å². The van der Waals surface area contributed by atoms with E-state index in [1.165, 1.54) is 10.6 Å². The van der Waals surface area contributed by atoms with Crippen LogP contribution in [0.15, 0.2) is 32.2 Å². The highest BCUT2D eigenvalue weighted by Gasteiger charge is 2.38. The Morgan fingerprint density at radius 3 is 2.70 bits per heavy atom. The zero-order chi connectivity index (χ0) is 21.1. The SMILES string of the molecule is Cc1noc(/C=C/c2ccco2)c1S(=O)(=O)N1CCCC(C(=O)N2CCCCC2)C1. The van der Waals surface area contributed by atoms with E-state index in [0.717, 1.165) is 38.8 Å². The molecule has 2 aromatic heterocycles. The topological polar surface area (TPSA) is 96.9 Å². The molecule has 162 valence electrons. The van der Waals surface area contributed by atoms with E-state index in [9.17, 15) is 13.2 Å². The van der Waals surface area contributed by atoms with Crippen LogP contribution in [0.2, 0.25) is 0 Å². The van der Waals surface area contributed by atoms with E-state index in [2.05, 4.69) is 5.16 Å². The number of aryl methyl sites for hydroxylation is 1. The van der Waals surface area contributed by atoms with Gasteiger partial charge in [-0.3, -0.25) is 4.79 Å². The number of hydrogen-bond acceptors (Lipinski definition) is 6. The largest absolute Gasteiger partial charge is 0.465 e. The van der Waals surface area contributed by atoms with Crippen molar-refractivity contribution in [1.82, 2.24) is 14.4 Å². The average molecular weight is 434 g/mol. The molecule has 2 aromatic rings. The minimum absolute atomic E-state index is 0.0522. The molecule has 1 unspecified atom stereocenters. The van der Waals surface area contributed by atoms with Crippen molar-refractivity contribution in [1.29, 1.82) is 0 Å². The van der Waals surface area contributed by atoms with Gasteiger partial charge in [-0.25, -0.2) is 8.42 Å². The van der Waals surface area contributed by atoms with Gasteiger partial charge in [0.15, 0.2) is 10.7 Å². The third kappa shape index (κ3) is 4.22. The van der Waals surface area contributed by atoms with Crippen molar-refractivity contribution in [2.24, 2.45) is 5.92 Å². The van der Waals surface area contributed by atoms with Gasteiger partial charge in [0.05, 0.1) is 12.2 Å². The predicted octanol–water partition coefficient (Wildman–Crippen LogP) is 3.16. The number of piperidine rings is 2. The second kappa shape index (κ2) is 8.77. The van der Waals surface area contributed by atoms with Crippen molar-refractivity contribution >= 4 is 28.1 Å². The van der Waals surface area contributed by atoms with Crippen LogP contribution in [0.4, 0.5) is 0 Å². The highest BCUT2D eigenvalue weighted by atomic mass is 32.2. The highest BCUT2D eigenvalue weighted by molar-refractivity contribution is 7.89. The number of sulfonamides is 1. The number of carbonyl (C=O) groups excluding carboxylic acids is 1. The molecule has 0 saturated carbocycles. The van der Waals surface area contributed by atoms with Crippen molar-refractivity contribution in [3.63, 3.8) is 0 Å². The molecular weight excluding hydrogens is 406 g/mol. The predicted molar refractivity (Wildman–Crippen MR) is 111 cm³/mol. The van der Waals surface area contributed by atoms with Crippen LogP contribution in [0, 0.1) is 12.8 Å². The molecule has 1 amide bonds. The molecule has 0 radical (unpaired) electrons. The highest BCUT2D eigenvalue weighted by Crippen LogP contribution is 2.30. The van der Waals surface area contributed by atoms with Crippen molar-refractivity contribution in [3.05, 3.63) is 35.6 Å². The summed E-state index contributed by atoms with van der Waals surface area (Å²) in [4.78, 5) is 14.9. The summed E-state index contributed by atoms with van der Waals surface area (Å²) in [5, 5.41) is 3.87. The third-order valence-electron chi connectivity index (χ3n) is 5.77. The van der Waals surface area contributed by atoms with Crippen molar-refractivity contribution < 1.29 is 22.2 Å². The zero-order valence-electron chi connectivity index (χ0n) is 17.1. The molecule has 2 aliphatic heterocycles. The van der Waals surface area contributed by atoms with E-state index in [0.29, 0.717) is 24.4 Å². The molecule has 0 aliphatic carbocycles. The Morgan fingerprint density at radius 1 is 1.17 bits per heavy atom. The van der Waals surface area contributed by atoms with E-state index >= 15 is 0 Å². The van der Waals surface area contributed by atoms with E-state index in [-0.39, 0.29) is 29.0 Å². The lowest BCUT2D eigenvalue weighted by molar-refractivity contribution is -0.137. The fourth-order valence-corrected chi connectivity index (χ4v) is 5.98. The first-order valence-corrected chi connectivity index (χ1v) is 11.9. The lowest BCUT2D eigenvalue weighted by Crippen LogP contribution is -2.48. The molecule has 2 saturated heterocycles. The van der Waals surface area contributed by atoms with E-state index < -0.39 is 10.0 Å². The summed E-state index contributed by atoms with van der Waals surface area (Å²) in [7, 11) is -3.84. The fourth-order valence-electron chi connectivity index (χ4n) is 4.21. The maximum absolute atomic E-state index is 13.4. The Hall–Kier alpha value is -2.39. The number of aromatic nitrogens is 1. The number of amides is 1. The van der Waals surface area contributed by atoms with Crippen LogP contribution in [-0.4, -0.2) is 54.9 Å². The number of furan rings is 1. The third-order valence-corrected chi connectivity index (χ3v) is 7.80. The molecule has 0 bridgehead atoms. The molecule has 8 nitrogen and oxygen atoms in total. The van der Waals surface area contributed by atoms with Gasteiger partial charge in [-0.2, -0.15) is 4.31 Å². The van der Waals surface area contributed by atoms with Crippen LogP contribution in [-0.2, 0) is 14.8 Å². The van der Waals surface area contributed by atoms with Gasteiger partial charge in [0.1, 0.15) is 11.5 Å². The normalized spacial score (nSPS) is 21.4. The van der Waals surface area contributed by atoms with Gasteiger partial charge < -0.3 is 13.8 Å². The fraction of sp³-hybridized carbons (Fsp3) is 0.524. The van der Waals surface area contributed by atoms with Gasteiger partial charge in [0.25, 0.3) is 0 Å². The van der Waals surface area contributed by atoms with Crippen LogP contribution >= 0.6 is 0 Å². The minimum Gasteiger partial charge on any atom is -0.465 e. The Bertz CT molecular complexity index is 1000. The number of nitrogens with zero attached hydrogens (tertiary/aromatic N) is 3. The maximum Gasteiger partial charge on any atom is 0.248 e. The van der Waals surface area contributed by atoms with Crippen LogP contribution in [0.25, 0.3) is 12.2 Å². The molecular formula is C21H27N3O5S. The van der Waals surface area contributed by atoms with Crippen LogP contribution in [0.1, 0.15) is 49.3 Å². The molecule has 30 heavy (non-hydrogen) atoms. The van der Waals surface area contributed by atoms with Gasteiger partial charge in [0.2, 0.25) is 15.9 Å². The minimum atomic E-state index is -3.84. The van der Waals surface area contributed by atoms with Gasteiger partial charge in [-0.15, -0.1) is 0 Å². The van der Waals surface area contributed by atoms with Crippen LogP contribution < -0.4 is 0 Å². The zero-order valence-corrected chi connectivity index (χ0v) is 17.9. The molecule has 1 atom stereocenters. The van der Waals surface area contributed by atoms with Gasteiger partial charge >= 0.3 is 0 Å². The molecule has 0 N–H and O–H groups in total. The first kappa shape index (κ1) is 20.9. The summed E-state index contributed by atoms with van der Waals surface area (Å²) in [5.41, 5.74) is 0.304. The Balaban J connectivity index is 1.54. The quantitative estimate of drug-likeness (QED) is 0.719.